The maximum absolute atomic E-state index is 5.54. The van der Waals surface area contributed by atoms with Gasteiger partial charge in [0, 0.05) is 14.1 Å². The highest BCUT2D eigenvalue weighted by Crippen LogP contribution is 1.93. The summed E-state index contributed by atoms with van der Waals surface area (Å²) < 4.78 is 0. The predicted molar refractivity (Wildman–Crippen MR) is 44.1 cm³/mol. The molecule has 1 heterocycles. The van der Waals surface area contributed by atoms with Gasteiger partial charge in [-0.15, -0.1) is 0 Å². The molecule has 1 atom stereocenters. The van der Waals surface area contributed by atoms with Crippen LogP contribution in [0, 0.1) is 0 Å². The summed E-state index contributed by atoms with van der Waals surface area (Å²) in [5.41, 5.74) is 5.54. The fourth-order valence-electron chi connectivity index (χ4n) is 0.887. The van der Waals surface area contributed by atoms with Crippen LogP contribution in [0.1, 0.15) is 6.92 Å². The molecule has 0 radical (unpaired) electrons. The second kappa shape index (κ2) is 2.87. The van der Waals surface area contributed by atoms with Gasteiger partial charge in [-0.2, -0.15) is 9.98 Å². The minimum absolute atomic E-state index is 0.0441. The molecule has 0 aromatic carbocycles. The number of guanidine groups is 2. The number of hydrogen-bond acceptors (Lipinski definition) is 4. The molecule has 4 N–H and O–H groups in total. The van der Waals surface area contributed by atoms with E-state index in [0.29, 0.717) is 5.96 Å². The SMILES string of the molecule is CC1N=C(N)[NH2+]C(N(C)C)=N1. The minimum Gasteiger partial charge on any atom is -0.338 e. The molecule has 5 heteroatoms. The molecule has 1 rings (SSSR count). The third kappa shape index (κ3) is 1.91. The van der Waals surface area contributed by atoms with E-state index < -0.39 is 0 Å². The molecule has 0 aromatic heterocycles. The Kier molecular flexibility index (Phi) is 2.09. The lowest BCUT2D eigenvalue weighted by molar-refractivity contribution is -0.425. The van der Waals surface area contributed by atoms with Gasteiger partial charge in [0.15, 0.2) is 6.17 Å². The topological polar surface area (TPSA) is 70.6 Å². The monoisotopic (exact) mass is 156 g/mol. The van der Waals surface area contributed by atoms with Crippen molar-refractivity contribution in [2.45, 2.75) is 13.1 Å². The van der Waals surface area contributed by atoms with Gasteiger partial charge in [0.2, 0.25) is 0 Å². The number of rotatable bonds is 0. The van der Waals surface area contributed by atoms with Crippen LogP contribution in [0.25, 0.3) is 0 Å². The van der Waals surface area contributed by atoms with Crippen molar-refractivity contribution < 1.29 is 5.32 Å². The lowest BCUT2D eigenvalue weighted by atomic mass is 10.5. The Labute approximate surface area is 66.0 Å². The molecule has 62 valence electrons. The molecule has 0 bridgehead atoms. The van der Waals surface area contributed by atoms with Crippen molar-refractivity contribution in [1.29, 1.82) is 0 Å². The number of hydrogen-bond donors (Lipinski definition) is 2. The average Bonchev–Trinajstić information content (AvgIpc) is 1.85. The maximum Gasteiger partial charge on any atom is 0.306 e. The number of nitrogens with zero attached hydrogens (tertiary/aromatic N) is 3. The van der Waals surface area contributed by atoms with E-state index in [1.54, 1.807) is 5.32 Å². The molecule has 0 spiro atoms. The van der Waals surface area contributed by atoms with Crippen LogP contribution in [-0.2, 0) is 0 Å². The molecule has 0 amide bonds. The van der Waals surface area contributed by atoms with Crippen molar-refractivity contribution in [1.82, 2.24) is 4.90 Å². The van der Waals surface area contributed by atoms with E-state index in [4.69, 9.17) is 5.73 Å². The first-order chi connectivity index (χ1) is 5.09. The normalized spacial score (nSPS) is 24.1. The zero-order chi connectivity index (χ0) is 8.43. The van der Waals surface area contributed by atoms with Gasteiger partial charge >= 0.3 is 11.9 Å². The Bertz CT molecular complexity index is 205. The quantitative estimate of drug-likeness (QED) is 0.432. The van der Waals surface area contributed by atoms with Crippen LogP contribution in [-0.4, -0.2) is 37.1 Å². The van der Waals surface area contributed by atoms with Crippen molar-refractivity contribution in [2.24, 2.45) is 15.7 Å². The highest BCUT2D eigenvalue weighted by Gasteiger charge is 2.16. The third-order valence-corrected chi connectivity index (χ3v) is 1.39. The molecule has 0 saturated heterocycles. The van der Waals surface area contributed by atoms with Gasteiger partial charge in [0.1, 0.15) is 0 Å². The summed E-state index contributed by atoms with van der Waals surface area (Å²) in [5, 5.41) is 1.76. The van der Waals surface area contributed by atoms with Crippen LogP contribution in [0.3, 0.4) is 0 Å². The minimum atomic E-state index is -0.0441. The van der Waals surface area contributed by atoms with Crippen LogP contribution in [0.5, 0.6) is 0 Å². The van der Waals surface area contributed by atoms with E-state index in [1.165, 1.54) is 0 Å². The van der Waals surface area contributed by atoms with E-state index in [2.05, 4.69) is 9.98 Å². The first kappa shape index (κ1) is 8.00. The summed E-state index contributed by atoms with van der Waals surface area (Å²) in [6, 6.07) is 0. The van der Waals surface area contributed by atoms with Gasteiger partial charge in [-0.3, -0.25) is 0 Å². The van der Waals surface area contributed by atoms with Gasteiger partial charge in [0.25, 0.3) is 0 Å². The van der Waals surface area contributed by atoms with Crippen molar-refractivity contribution in [3.63, 3.8) is 0 Å². The molecule has 0 saturated carbocycles. The van der Waals surface area contributed by atoms with Gasteiger partial charge < -0.3 is 10.6 Å². The van der Waals surface area contributed by atoms with Gasteiger partial charge in [-0.1, -0.05) is 0 Å². The van der Waals surface area contributed by atoms with E-state index in [0.717, 1.165) is 5.96 Å². The summed E-state index contributed by atoms with van der Waals surface area (Å²) in [4.78, 5) is 10.2. The van der Waals surface area contributed by atoms with Gasteiger partial charge in [-0.25, -0.2) is 5.32 Å². The smallest absolute Gasteiger partial charge is 0.306 e. The molecule has 5 nitrogen and oxygen atoms in total. The lowest BCUT2D eigenvalue weighted by Crippen LogP contribution is -2.97. The van der Waals surface area contributed by atoms with Crippen molar-refractivity contribution >= 4 is 11.9 Å². The second-order valence-corrected chi connectivity index (χ2v) is 2.71. The highest BCUT2D eigenvalue weighted by molar-refractivity contribution is 5.83. The number of quaternary nitrogens is 1. The second-order valence-electron chi connectivity index (χ2n) is 2.71. The molecular weight excluding hydrogens is 142 g/mol. The van der Waals surface area contributed by atoms with Crippen LogP contribution >= 0.6 is 0 Å². The Morgan fingerprint density at radius 2 is 2.09 bits per heavy atom. The van der Waals surface area contributed by atoms with E-state index in [1.807, 2.05) is 25.9 Å². The Hall–Kier alpha value is -1.10. The molecule has 1 aliphatic heterocycles. The van der Waals surface area contributed by atoms with Crippen molar-refractivity contribution in [3.05, 3.63) is 0 Å². The van der Waals surface area contributed by atoms with Crippen molar-refractivity contribution in [2.75, 3.05) is 14.1 Å². The number of aliphatic imine (C=N–C) groups is 2. The zero-order valence-corrected chi connectivity index (χ0v) is 7.07. The van der Waals surface area contributed by atoms with Crippen LogP contribution in [0.4, 0.5) is 0 Å². The van der Waals surface area contributed by atoms with E-state index >= 15 is 0 Å². The molecule has 0 fully saturated rings. The largest absolute Gasteiger partial charge is 0.338 e. The average molecular weight is 156 g/mol. The van der Waals surface area contributed by atoms with E-state index in [9.17, 15) is 0 Å². The fourth-order valence-corrected chi connectivity index (χ4v) is 0.887. The maximum atomic E-state index is 5.54. The van der Waals surface area contributed by atoms with Crippen LogP contribution < -0.4 is 11.1 Å². The summed E-state index contributed by atoms with van der Waals surface area (Å²) >= 11 is 0. The first-order valence-corrected chi connectivity index (χ1v) is 3.53. The van der Waals surface area contributed by atoms with Gasteiger partial charge in [0.05, 0.1) is 0 Å². The van der Waals surface area contributed by atoms with E-state index in [-0.39, 0.29) is 6.17 Å². The summed E-state index contributed by atoms with van der Waals surface area (Å²) in [5.74, 6) is 1.43. The standard InChI is InChI=1S/C6H13N5/c1-4-8-5(7)10-6(9-4)11(2)3/h4H,1-3H3,(H3,7,8,9,10)/p+1. The Morgan fingerprint density at radius 3 is 2.55 bits per heavy atom. The molecule has 0 aromatic rings. The molecule has 1 unspecified atom stereocenters. The molecule has 0 aliphatic carbocycles. The molecule has 1 aliphatic rings. The lowest BCUT2D eigenvalue weighted by Gasteiger charge is -2.16. The Balaban J connectivity index is 2.71. The van der Waals surface area contributed by atoms with Crippen molar-refractivity contribution in [3.8, 4) is 0 Å². The summed E-state index contributed by atoms with van der Waals surface area (Å²) in [6.07, 6.45) is -0.0441. The van der Waals surface area contributed by atoms with Crippen LogP contribution in [0.15, 0.2) is 9.98 Å². The Morgan fingerprint density at radius 1 is 1.45 bits per heavy atom. The number of nitrogens with two attached hydrogens (primary N) is 2. The van der Waals surface area contributed by atoms with Gasteiger partial charge in [-0.05, 0) is 6.92 Å². The summed E-state index contributed by atoms with van der Waals surface area (Å²) in [6.45, 7) is 1.91. The predicted octanol–water partition coefficient (Wildman–Crippen LogP) is -1.86. The third-order valence-electron chi connectivity index (χ3n) is 1.39. The zero-order valence-electron chi connectivity index (χ0n) is 7.07. The molecule has 11 heavy (non-hydrogen) atoms. The summed E-state index contributed by atoms with van der Waals surface area (Å²) in [7, 11) is 3.86. The van der Waals surface area contributed by atoms with Crippen LogP contribution in [0.2, 0.25) is 0 Å². The fraction of sp³-hybridized carbons (Fsp3) is 0.667. The highest BCUT2D eigenvalue weighted by atomic mass is 15.4. The molecular formula is C6H14N5+. The first-order valence-electron chi connectivity index (χ1n) is 3.53.